The highest BCUT2D eigenvalue weighted by atomic mass is 16.5. The maximum atomic E-state index is 12.3. The van der Waals surface area contributed by atoms with Crippen molar-refractivity contribution in [2.75, 3.05) is 6.61 Å². The zero-order valence-electron chi connectivity index (χ0n) is 10.6. The van der Waals surface area contributed by atoms with Crippen LogP contribution < -0.4 is 4.74 Å². The summed E-state index contributed by atoms with van der Waals surface area (Å²) in [6.45, 7) is 0.475. The minimum atomic E-state index is -0.0584. The summed E-state index contributed by atoms with van der Waals surface area (Å²) >= 11 is 0. The van der Waals surface area contributed by atoms with Crippen molar-refractivity contribution in [1.82, 2.24) is 4.98 Å². The van der Waals surface area contributed by atoms with E-state index in [9.17, 15) is 4.79 Å². The molecule has 0 aliphatic carbocycles. The monoisotopic (exact) mass is 253 g/mol. The molecule has 96 valence electrons. The Balaban J connectivity index is 1.70. The van der Waals surface area contributed by atoms with E-state index in [0.717, 1.165) is 23.4 Å². The summed E-state index contributed by atoms with van der Waals surface area (Å²) in [6.07, 6.45) is 2.87. The zero-order chi connectivity index (χ0) is 13.1. The number of ketones is 1. The highest BCUT2D eigenvalue weighted by molar-refractivity contribution is 5.83. The van der Waals surface area contributed by atoms with E-state index in [0.29, 0.717) is 13.0 Å². The van der Waals surface area contributed by atoms with Crippen LogP contribution in [0.25, 0.3) is 0 Å². The Labute approximate surface area is 112 Å². The molecule has 19 heavy (non-hydrogen) atoms. The van der Waals surface area contributed by atoms with Crippen LogP contribution in [-0.2, 0) is 17.6 Å². The summed E-state index contributed by atoms with van der Waals surface area (Å²) in [6, 6.07) is 13.6. The van der Waals surface area contributed by atoms with Gasteiger partial charge in [0.1, 0.15) is 11.5 Å². The second-order valence-corrected chi connectivity index (χ2v) is 4.78. The summed E-state index contributed by atoms with van der Waals surface area (Å²) in [5, 5.41) is 0. The van der Waals surface area contributed by atoms with Gasteiger partial charge in [-0.15, -0.1) is 0 Å². The molecule has 2 heterocycles. The summed E-state index contributed by atoms with van der Waals surface area (Å²) in [4.78, 5) is 16.5. The number of benzene rings is 1. The van der Waals surface area contributed by atoms with Gasteiger partial charge in [-0.05, 0) is 30.2 Å². The van der Waals surface area contributed by atoms with Gasteiger partial charge in [0.25, 0.3) is 0 Å². The molecule has 0 saturated heterocycles. The molecule has 1 aliphatic rings. The maximum Gasteiger partial charge on any atom is 0.145 e. The Bertz CT molecular complexity index is 580. The number of aromatic nitrogens is 1. The number of fused-ring (bicyclic) bond motifs is 1. The van der Waals surface area contributed by atoms with Gasteiger partial charge in [-0.25, -0.2) is 0 Å². The van der Waals surface area contributed by atoms with E-state index in [2.05, 4.69) is 4.98 Å². The van der Waals surface area contributed by atoms with Gasteiger partial charge >= 0.3 is 0 Å². The van der Waals surface area contributed by atoms with Gasteiger partial charge in [0.2, 0.25) is 0 Å². The smallest absolute Gasteiger partial charge is 0.145 e. The number of hydrogen-bond acceptors (Lipinski definition) is 3. The molecule has 1 aliphatic heterocycles. The minimum Gasteiger partial charge on any atom is -0.493 e. The van der Waals surface area contributed by atoms with Crippen LogP contribution in [0.4, 0.5) is 0 Å². The molecule has 3 nitrogen and oxygen atoms in total. The van der Waals surface area contributed by atoms with Crippen LogP contribution in [0.1, 0.15) is 11.3 Å². The summed E-state index contributed by atoms with van der Waals surface area (Å²) in [5.74, 6) is 1.05. The molecule has 3 heteroatoms. The van der Waals surface area contributed by atoms with Gasteiger partial charge in [0.15, 0.2) is 0 Å². The lowest BCUT2D eigenvalue weighted by atomic mass is 9.91. The fraction of sp³-hybridized carbons (Fsp3) is 0.250. The fourth-order valence-electron chi connectivity index (χ4n) is 2.36. The van der Waals surface area contributed by atoms with Crippen LogP contribution in [0, 0.1) is 5.92 Å². The van der Waals surface area contributed by atoms with Crippen molar-refractivity contribution < 1.29 is 9.53 Å². The van der Waals surface area contributed by atoms with E-state index in [1.165, 1.54) is 0 Å². The van der Waals surface area contributed by atoms with Crippen molar-refractivity contribution in [2.24, 2.45) is 5.92 Å². The zero-order valence-corrected chi connectivity index (χ0v) is 10.6. The predicted molar refractivity (Wildman–Crippen MR) is 72.1 cm³/mol. The van der Waals surface area contributed by atoms with Gasteiger partial charge in [0, 0.05) is 18.3 Å². The lowest BCUT2D eigenvalue weighted by Crippen LogP contribution is -2.29. The Hall–Kier alpha value is -2.16. The van der Waals surface area contributed by atoms with Crippen molar-refractivity contribution in [1.29, 1.82) is 0 Å². The average Bonchev–Trinajstić information content (AvgIpc) is 2.48. The number of para-hydroxylation sites is 1. The number of pyridine rings is 1. The summed E-state index contributed by atoms with van der Waals surface area (Å²) in [5.41, 5.74) is 1.94. The number of nitrogens with zero attached hydrogens (tertiary/aromatic N) is 1. The van der Waals surface area contributed by atoms with E-state index < -0.39 is 0 Å². The molecule has 0 radical (unpaired) electrons. The normalized spacial score (nSPS) is 17.4. The Morgan fingerprint density at radius 1 is 1.21 bits per heavy atom. The molecular formula is C16H15NO2. The van der Waals surface area contributed by atoms with Crippen LogP contribution >= 0.6 is 0 Å². The van der Waals surface area contributed by atoms with Gasteiger partial charge in [-0.3, -0.25) is 9.78 Å². The molecule has 1 aromatic carbocycles. The SMILES string of the molecule is O=C(Cc1ccccn1)C1COc2ccccc2C1. The number of carbonyl (C=O) groups is 1. The number of Topliss-reactive ketones (excluding diaryl/α,β-unsaturated/α-hetero) is 1. The van der Waals surface area contributed by atoms with Crippen molar-refractivity contribution in [3.8, 4) is 5.75 Å². The molecule has 0 bridgehead atoms. The number of ether oxygens (including phenoxy) is 1. The molecule has 0 spiro atoms. The third-order valence-corrected chi connectivity index (χ3v) is 3.42. The van der Waals surface area contributed by atoms with Crippen molar-refractivity contribution in [2.45, 2.75) is 12.8 Å². The molecule has 1 atom stereocenters. The fourth-order valence-corrected chi connectivity index (χ4v) is 2.36. The van der Waals surface area contributed by atoms with Gasteiger partial charge in [-0.2, -0.15) is 0 Å². The Morgan fingerprint density at radius 2 is 2.05 bits per heavy atom. The van der Waals surface area contributed by atoms with Gasteiger partial charge in [-0.1, -0.05) is 24.3 Å². The van der Waals surface area contributed by atoms with E-state index >= 15 is 0 Å². The molecule has 0 saturated carbocycles. The summed E-state index contributed by atoms with van der Waals surface area (Å²) < 4.78 is 5.65. The van der Waals surface area contributed by atoms with E-state index in [-0.39, 0.29) is 11.7 Å². The van der Waals surface area contributed by atoms with Crippen LogP contribution in [-0.4, -0.2) is 17.4 Å². The Kier molecular flexibility index (Phi) is 3.27. The molecule has 0 N–H and O–H groups in total. The minimum absolute atomic E-state index is 0.0584. The quantitative estimate of drug-likeness (QED) is 0.843. The molecule has 1 aromatic heterocycles. The number of rotatable bonds is 3. The first-order valence-electron chi connectivity index (χ1n) is 6.46. The van der Waals surface area contributed by atoms with Crippen LogP contribution in [0.2, 0.25) is 0 Å². The van der Waals surface area contributed by atoms with Crippen molar-refractivity contribution in [3.63, 3.8) is 0 Å². The van der Waals surface area contributed by atoms with Crippen LogP contribution in [0.15, 0.2) is 48.7 Å². The predicted octanol–water partition coefficient (Wildman–Crippen LogP) is 2.44. The molecule has 0 fully saturated rings. The molecular weight excluding hydrogens is 238 g/mol. The van der Waals surface area contributed by atoms with Crippen LogP contribution in [0.5, 0.6) is 5.75 Å². The lowest BCUT2D eigenvalue weighted by molar-refractivity contribution is -0.123. The van der Waals surface area contributed by atoms with E-state index in [1.54, 1.807) is 6.20 Å². The molecule has 3 rings (SSSR count). The number of carbonyl (C=O) groups excluding carboxylic acids is 1. The Morgan fingerprint density at radius 3 is 2.89 bits per heavy atom. The second kappa shape index (κ2) is 5.22. The molecule has 1 unspecified atom stereocenters. The largest absolute Gasteiger partial charge is 0.493 e. The third-order valence-electron chi connectivity index (χ3n) is 3.42. The maximum absolute atomic E-state index is 12.3. The lowest BCUT2D eigenvalue weighted by Gasteiger charge is -2.24. The first-order chi connectivity index (χ1) is 9.33. The van der Waals surface area contributed by atoms with Crippen LogP contribution in [0.3, 0.4) is 0 Å². The van der Waals surface area contributed by atoms with E-state index in [4.69, 9.17) is 4.74 Å². The molecule has 2 aromatic rings. The first-order valence-corrected chi connectivity index (χ1v) is 6.46. The third kappa shape index (κ3) is 2.65. The van der Waals surface area contributed by atoms with Gasteiger partial charge < -0.3 is 4.74 Å². The summed E-state index contributed by atoms with van der Waals surface area (Å²) in [7, 11) is 0. The van der Waals surface area contributed by atoms with Gasteiger partial charge in [0.05, 0.1) is 12.5 Å². The highest BCUT2D eigenvalue weighted by Gasteiger charge is 2.25. The first kappa shape index (κ1) is 11.9. The number of hydrogen-bond donors (Lipinski definition) is 0. The van der Waals surface area contributed by atoms with Crippen molar-refractivity contribution in [3.05, 3.63) is 59.9 Å². The molecule has 0 amide bonds. The topological polar surface area (TPSA) is 39.2 Å². The van der Waals surface area contributed by atoms with E-state index in [1.807, 2.05) is 42.5 Å². The highest BCUT2D eigenvalue weighted by Crippen LogP contribution is 2.27. The standard InChI is InChI=1S/C16H15NO2/c18-15(10-14-6-3-4-8-17-14)13-9-12-5-1-2-7-16(12)19-11-13/h1-8,13H,9-11H2. The van der Waals surface area contributed by atoms with Crippen molar-refractivity contribution >= 4 is 5.78 Å². The average molecular weight is 253 g/mol. The second-order valence-electron chi connectivity index (χ2n) is 4.78.